The van der Waals surface area contributed by atoms with E-state index in [0.717, 1.165) is 16.7 Å². The maximum absolute atomic E-state index is 11.8. The molecule has 0 spiro atoms. The maximum Gasteiger partial charge on any atom is 0.326 e. The van der Waals surface area contributed by atoms with Gasteiger partial charge in [0.05, 0.1) is 6.54 Å². The molecule has 6 nitrogen and oxygen atoms in total. The van der Waals surface area contributed by atoms with Gasteiger partial charge in [-0.15, -0.1) is 0 Å². The molecule has 1 rings (SSSR count). The molecule has 1 amide bonds. The van der Waals surface area contributed by atoms with E-state index in [2.05, 4.69) is 0 Å². The van der Waals surface area contributed by atoms with E-state index in [1.54, 1.807) is 0 Å². The zero-order valence-corrected chi connectivity index (χ0v) is 10.9. The van der Waals surface area contributed by atoms with Crippen LogP contribution in [-0.2, 0) is 19.2 Å². The first-order valence-electron chi connectivity index (χ1n) is 5.59. The second-order valence-corrected chi connectivity index (χ2v) is 5.33. The second-order valence-electron chi connectivity index (χ2n) is 4.06. The lowest BCUT2D eigenvalue weighted by molar-refractivity contribution is -0.148. The average molecular weight is 273 g/mol. The van der Waals surface area contributed by atoms with Gasteiger partial charge in [0, 0.05) is 25.5 Å². The number of carboxylic acids is 1. The molecule has 0 bridgehead atoms. The molecule has 18 heavy (non-hydrogen) atoms. The van der Waals surface area contributed by atoms with Crippen molar-refractivity contribution in [2.24, 2.45) is 0 Å². The molecule has 0 aromatic heterocycles. The Hall–Kier alpha value is -1.37. The predicted octanol–water partition coefficient (Wildman–Crippen LogP) is 0.301. The van der Waals surface area contributed by atoms with E-state index < -0.39 is 12.0 Å². The zero-order chi connectivity index (χ0) is 13.7. The summed E-state index contributed by atoms with van der Waals surface area (Å²) in [4.78, 5) is 45.6. The highest BCUT2D eigenvalue weighted by Crippen LogP contribution is 2.17. The van der Waals surface area contributed by atoms with Gasteiger partial charge in [-0.25, -0.2) is 4.79 Å². The highest BCUT2D eigenvalue weighted by atomic mass is 32.2. The number of carbonyl (C=O) groups is 4. The fourth-order valence-electron chi connectivity index (χ4n) is 1.76. The average Bonchev–Trinajstić information content (AvgIpc) is 2.66. The second kappa shape index (κ2) is 6.53. The lowest BCUT2D eigenvalue weighted by Crippen LogP contribution is -2.40. The minimum absolute atomic E-state index is 0.0118. The number of hydrogen-bond acceptors (Lipinski definition) is 5. The van der Waals surface area contributed by atoms with Crippen LogP contribution in [0.3, 0.4) is 0 Å². The van der Waals surface area contributed by atoms with Crippen LogP contribution in [0, 0.1) is 0 Å². The molecule has 1 saturated heterocycles. The van der Waals surface area contributed by atoms with Crippen molar-refractivity contribution in [3.05, 3.63) is 0 Å². The van der Waals surface area contributed by atoms with Crippen molar-refractivity contribution >= 4 is 34.5 Å². The molecule has 1 fully saturated rings. The van der Waals surface area contributed by atoms with Crippen molar-refractivity contribution in [2.75, 3.05) is 12.3 Å². The number of amides is 1. The van der Waals surface area contributed by atoms with E-state index in [0.29, 0.717) is 12.2 Å². The van der Waals surface area contributed by atoms with Gasteiger partial charge < -0.3 is 10.0 Å². The molecular weight excluding hydrogens is 258 g/mol. The molecule has 1 aliphatic heterocycles. The smallest absolute Gasteiger partial charge is 0.326 e. The molecule has 1 N–H and O–H groups in total. The normalized spacial score (nSPS) is 19.1. The van der Waals surface area contributed by atoms with Gasteiger partial charge in [-0.3, -0.25) is 14.4 Å². The minimum atomic E-state index is -1.15. The van der Waals surface area contributed by atoms with E-state index in [-0.39, 0.29) is 36.2 Å². The monoisotopic (exact) mass is 273 g/mol. The number of Topliss-reactive ketones (excluding diaryl/α,β-unsaturated/α-hetero) is 1. The van der Waals surface area contributed by atoms with Crippen LogP contribution < -0.4 is 0 Å². The van der Waals surface area contributed by atoms with E-state index >= 15 is 0 Å². The standard InChI is InChI=1S/C11H15NO5S/c1-7(13)18-4-2-3-10(15)12-6-8(14)5-9(12)11(16)17/h9H,2-6H2,1H3,(H,16,17)/t9-/m0/s1. The van der Waals surface area contributed by atoms with Crippen molar-refractivity contribution < 1.29 is 24.3 Å². The first kappa shape index (κ1) is 14.7. The van der Waals surface area contributed by atoms with Crippen LogP contribution in [0.1, 0.15) is 26.2 Å². The van der Waals surface area contributed by atoms with Crippen molar-refractivity contribution in [2.45, 2.75) is 32.2 Å². The van der Waals surface area contributed by atoms with E-state index in [4.69, 9.17) is 5.11 Å². The van der Waals surface area contributed by atoms with Crippen molar-refractivity contribution in [1.29, 1.82) is 0 Å². The first-order chi connectivity index (χ1) is 8.41. The topological polar surface area (TPSA) is 91.8 Å². The lowest BCUT2D eigenvalue weighted by atomic mass is 10.2. The van der Waals surface area contributed by atoms with E-state index in [1.165, 1.54) is 6.92 Å². The van der Waals surface area contributed by atoms with Gasteiger partial charge in [-0.1, -0.05) is 11.8 Å². The molecule has 0 aliphatic carbocycles. The molecule has 0 unspecified atom stereocenters. The Kier molecular flexibility index (Phi) is 5.33. The van der Waals surface area contributed by atoms with Crippen molar-refractivity contribution in [3.8, 4) is 0 Å². The highest BCUT2D eigenvalue weighted by Gasteiger charge is 2.38. The molecule has 7 heteroatoms. The molecular formula is C11H15NO5S. The Morgan fingerprint density at radius 3 is 2.67 bits per heavy atom. The molecule has 0 aromatic carbocycles. The molecule has 0 radical (unpaired) electrons. The fourth-order valence-corrected chi connectivity index (χ4v) is 2.33. The lowest BCUT2D eigenvalue weighted by Gasteiger charge is -2.20. The number of likely N-dealkylation sites (tertiary alicyclic amines) is 1. The summed E-state index contributed by atoms with van der Waals surface area (Å²) >= 11 is 1.13. The van der Waals surface area contributed by atoms with Crippen LogP contribution in [-0.4, -0.2) is 51.1 Å². The van der Waals surface area contributed by atoms with Crippen LogP contribution in [0.4, 0.5) is 0 Å². The predicted molar refractivity (Wildman–Crippen MR) is 65.1 cm³/mol. The molecule has 0 saturated carbocycles. The third-order valence-corrected chi connectivity index (χ3v) is 3.49. The number of ketones is 1. The Balaban J connectivity index is 2.43. The Morgan fingerprint density at radius 2 is 2.11 bits per heavy atom. The largest absolute Gasteiger partial charge is 0.480 e. The molecule has 1 heterocycles. The third kappa shape index (κ3) is 4.14. The highest BCUT2D eigenvalue weighted by molar-refractivity contribution is 8.13. The summed E-state index contributed by atoms with van der Waals surface area (Å²) in [5.41, 5.74) is 0. The Morgan fingerprint density at radius 1 is 1.44 bits per heavy atom. The number of carboxylic acid groups (broad SMARTS) is 1. The summed E-state index contributed by atoms with van der Waals surface area (Å²) in [5.74, 6) is -1.18. The molecule has 1 aliphatic rings. The molecule has 1 atom stereocenters. The summed E-state index contributed by atoms with van der Waals surface area (Å²) in [5, 5.41) is 8.89. The van der Waals surface area contributed by atoms with Crippen LogP contribution >= 0.6 is 11.8 Å². The van der Waals surface area contributed by atoms with Crippen LogP contribution in [0.15, 0.2) is 0 Å². The number of nitrogens with zero attached hydrogens (tertiary/aromatic N) is 1. The van der Waals surface area contributed by atoms with Gasteiger partial charge in [-0.05, 0) is 6.42 Å². The van der Waals surface area contributed by atoms with E-state index in [1.807, 2.05) is 0 Å². The van der Waals surface area contributed by atoms with Gasteiger partial charge in [0.15, 0.2) is 10.9 Å². The Labute approximate surface area is 109 Å². The summed E-state index contributed by atoms with van der Waals surface area (Å²) in [6.45, 7) is 1.34. The summed E-state index contributed by atoms with van der Waals surface area (Å²) < 4.78 is 0. The summed E-state index contributed by atoms with van der Waals surface area (Å²) in [6, 6.07) is -1.02. The van der Waals surface area contributed by atoms with Crippen LogP contribution in [0.25, 0.3) is 0 Å². The van der Waals surface area contributed by atoms with Gasteiger partial charge in [0.1, 0.15) is 6.04 Å². The number of aliphatic carboxylic acids is 1. The third-order valence-electron chi connectivity index (χ3n) is 2.59. The number of hydrogen-bond donors (Lipinski definition) is 1. The number of rotatable bonds is 5. The quantitative estimate of drug-likeness (QED) is 0.724. The number of thioether (sulfide) groups is 1. The molecule has 0 aromatic rings. The maximum atomic E-state index is 11.8. The first-order valence-corrected chi connectivity index (χ1v) is 6.57. The van der Waals surface area contributed by atoms with Gasteiger partial charge in [0.25, 0.3) is 0 Å². The van der Waals surface area contributed by atoms with Gasteiger partial charge in [0.2, 0.25) is 5.91 Å². The van der Waals surface area contributed by atoms with Gasteiger partial charge in [-0.2, -0.15) is 0 Å². The van der Waals surface area contributed by atoms with Gasteiger partial charge >= 0.3 is 5.97 Å². The van der Waals surface area contributed by atoms with Crippen LogP contribution in [0.2, 0.25) is 0 Å². The number of carbonyl (C=O) groups excluding carboxylic acids is 3. The fraction of sp³-hybridized carbons (Fsp3) is 0.636. The van der Waals surface area contributed by atoms with E-state index in [9.17, 15) is 19.2 Å². The SMILES string of the molecule is CC(=O)SCCCC(=O)N1CC(=O)C[C@H]1C(=O)O. The minimum Gasteiger partial charge on any atom is -0.480 e. The van der Waals surface area contributed by atoms with Crippen molar-refractivity contribution in [1.82, 2.24) is 4.90 Å². The Bertz CT molecular complexity index is 382. The van der Waals surface area contributed by atoms with Crippen LogP contribution in [0.5, 0.6) is 0 Å². The zero-order valence-electron chi connectivity index (χ0n) is 10.0. The summed E-state index contributed by atoms with van der Waals surface area (Å²) in [7, 11) is 0. The van der Waals surface area contributed by atoms with Crippen molar-refractivity contribution in [3.63, 3.8) is 0 Å². The molecule has 100 valence electrons. The summed E-state index contributed by atoms with van der Waals surface area (Å²) in [6.07, 6.45) is 0.556.